The van der Waals surface area contributed by atoms with Crippen LogP contribution in [0.2, 0.25) is 0 Å². The van der Waals surface area contributed by atoms with Crippen molar-refractivity contribution in [3.63, 3.8) is 0 Å². The molecule has 0 aliphatic rings. The SMILES string of the molecule is CCN(CCCCl)C(=O)c1cccc([N+](=O)[O-])c1. The summed E-state index contributed by atoms with van der Waals surface area (Å²) in [6, 6.07) is 5.76. The Hall–Kier alpha value is -1.62. The van der Waals surface area contributed by atoms with Crippen LogP contribution in [-0.2, 0) is 0 Å². The van der Waals surface area contributed by atoms with Crippen LogP contribution >= 0.6 is 11.6 Å². The number of nitro groups is 1. The zero-order valence-electron chi connectivity index (χ0n) is 10.1. The zero-order valence-corrected chi connectivity index (χ0v) is 10.9. The van der Waals surface area contributed by atoms with Crippen molar-refractivity contribution in [3.05, 3.63) is 39.9 Å². The molecular weight excluding hydrogens is 256 g/mol. The zero-order chi connectivity index (χ0) is 13.5. The predicted molar refractivity (Wildman–Crippen MR) is 70.0 cm³/mol. The Morgan fingerprint density at radius 1 is 1.50 bits per heavy atom. The number of carbonyl (C=O) groups is 1. The van der Waals surface area contributed by atoms with E-state index in [1.807, 2.05) is 6.92 Å². The molecule has 0 atom stereocenters. The van der Waals surface area contributed by atoms with Crippen LogP contribution in [0.1, 0.15) is 23.7 Å². The minimum atomic E-state index is -0.508. The van der Waals surface area contributed by atoms with Gasteiger partial charge in [0.25, 0.3) is 11.6 Å². The van der Waals surface area contributed by atoms with Gasteiger partial charge in [-0.2, -0.15) is 0 Å². The number of hydrogen-bond donors (Lipinski definition) is 0. The number of alkyl halides is 1. The molecule has 0 aliphatic heterocycles. The summed E-state index contributed by atoms with van der Waals surface area (Å²) in [5.41, 5.74) is 0.259. The standard InChI is InChI=1S/C12H15ClN2O3/c1-2-14(8-4-7-13)12(16)10-5-3-6-11(9-10)15(17)18/h3,5-6,9H,2,4,7-8H2,1H3. The summed E-state index contributed by atoms with van der Waals surface area (Å²) in [6.07, 6.45) is 0.704. The minimum Gasteiger partial charge on any atom is -0.339 e. The van der Waals surface area contributed by atoms with E-state index < -0.39 is 4.92 Å². The van der Waals surface area contributed by atoms with Crippen molar-refractivity contribution >= 4 is 23.2 Å². The Labute approximate surface area is 110 Å². The van der Waals surface area contributed by atoms with Gasteiger partial charge in [-0.05, 0) is 19.4 Å². The monoisotopic (exact) mass is 270 g/mol. The molecule has 0 bridgehead atoms. The second-order valence-electron chi connectivity index (χ2n) is 3.73. The van der Waals surface area contributed by atoms with Crippen molar-refractivity contribution in [1.82, 2.24) is 4.90 Å². The lowest BCUT2D eigenvalue weighted by Gasteiger charge is -2.20. The Balaban J connectivity index is 2.87. The molecule has 98 valence electrons. The van der Waals surface area contributed by atoms with E-state index in [1.165, 1.54) is 18.2 Å². The summed E-state index contributed by atoms with van der Waals surface area (Å²) in [5, 5.41) is 10.7. The normalized spacial score (nSPS) is 10.1. The fourth-order valence-electron chi connectivity index (χ4n) is 1.59. The lowest BCUT2D eigenvalue weighted by molar-refractivity contribution is -0.384. The molecule has 0 fully saturated rings. The summed E-state index contributed by atoms with van der Waals surface area (Å²) in [7, 11) is 0. The molecule has 0 saturated carbocycles. The molecule has 1 amide bonds. The molecule has 1 aromatic rings. The Morgan fingerprint density at radius 2 is 2.22 bits per heavy atom. The first kappa shape index (κ1) is 14.4. The maximum atomic E-state index is 12.1. The van der Waals surface area contributed by atoms with Crippen LogP contribution in [-0.4, -0.2) is 34.7 Å². The molecule has 18 heavy (non-hydrogen) atoms. The third-order valence-electron chi connectivity index (χ3n) is 2.53. The molecule has 0 heterocycles. The summed E-state index contributed by atoms with van der Waals surface area (Å²) < 4.78 is 0. The van der Waals surface area contributed by atoms with E-state index in [9.17, 15) is 14.9 Å². The third-order valence-corrected chi connectivity index (χ3v) is 2.80. The number of carbonyl (C=O) groups excluding carboxylic acids is 1. The van der Waals surface area contributed by atoms with Crippen molar-refractivity contribution in [3.8, 4) is 0 Å². The maximum absolute atomic E-state index is 12.1. The molecule has 0 N–H and O–H groups in total. The average molecular weight is 271 g/mol. The van der Waals surface area contributed by atoms with Crippen molar-refractivity contribution < 1.29 is 9.72 Å². The molecule has 0 unspecified atom stereocenters. The number of rotatable bonds is 6. The van der Waals surface area contributed by atoms with Crippen LogP contribution in [0.15, 0.2) is 24.3 Å². The second kappa shape index (κ2) is 6.96. The summed E-state index contributed by atoms with van der Waals surface area (Å²) in [4.78, 5) is 23.9. The molecule has 0 radical (unpaired) electrons. The molecule has 0 spiro atoms. The van der Waals surface area contributed by atoms with E-state index in [1.54, 1.807) is 11.0 Å². The van der Waals surface area contributed by atoms with Gasteiger partial charge >= 0.3 is 0 Å². The van der Waals surface area contributed by atoms with Crippen LogP contribution in [0.4, 0.5) is 5.69 Å². The first-order valence-corrected chi connectivity index (χ1v) is 6.23. The average Bonchev–Trinajstić information content (AvgIpc) is 2.39. The van der Waals surface area contributed by atoms with Gasteiger partial charge in [0.1, 0.15) is 0 Å². The van der Waals surface area contributed by atoms with E-state index in [2.05, 4.69) is 0 Å². The van der Waals surface area contributed by atoms with Crippen LogP contribution in [0, 0.1) is 10.1 Å². The summed E-state index contributed by atoms with van der Waals surface area (Å²) >= 11 is 5.59. The van der Waals surface area contributed by atoms with Crippen molar-refractivity contribution in [2.24, 2.45) is 0 Å². The fraction of sp³-hybridized carbons (Fsp3) is 0.417. The van der Waals surface area contributed by atoms with E-state index in [0.717, 1.165) is 0 Å². The number of hydrogen-bond acceptors (Lipinski definition) is 3. The largest absolute Gasteiger partial charge is 0.339 e. The van der Waals surface area contributed by atoms with Crippen LogP contribution in [0.3, 0.4) is 0 Å². The minimum absolute atomic E-state index is 0.0748. The Kier molecular flexibility index (Phi) is 5.58. The van der Waals surface area contributed by atoms with Gasteiger partial charge in [-0.25, -0.2) is 0 Å². The third kappa shape index (κ3) is 3.70. The van der Waals surface area contributed by atoms with Gasteiger partial charge < -0.3 is 4.90 Å². The van der Waals surface area contributed by atoms with Gasteiger partial charge in [-0.1, -0.05) is 6.07 Å². The van der Waals surface area contributed by atoms with Gasteiger partial charge in [-0.15, -0.1) is 11.6 Å². The maximum Gasteiger partial charge on any atom is 0.270 e. The highest BCUT2D eigenvalue weighted by Gasteiger charge is 2.16. The number of benzene rings is 1. The number of nitrogens with zero attached hydrogens (tertiary/aromatic N) is 2. The highest BCUT2D eigenvalue weighted by atomic mass is 35.5. The van der Waals surface area contributed by atoms with Gasteiger partial charge in [0.05, 0.1) is 4.92 Å². The van der Waals surface area contributed by atoms with E-state index in [4.69, 9.17) is 11.6 Å². The number of amides is 1. The van der Waals surface area contributed by atoms with Crippen molar-refractivity contribution in [1.29, 1.82) is 0 Å². The molecule has 0 aromatic heterocycles. The molecule has 6 heteroatoms. The predicted octanol–water partition coefficient (Wildman–Crippen LogP) is 2.69. The van der Waals surface area contributed by atoms with Crippen molar-refractivity contribution in [2.45, 2.75) is 13.3 Å². The molecule has 0 aliphatic carbocycles. The lowest BCUT2D eigenvalue weighted by Crippen LogP contribution is -2.32. The number of nitro benzene ring substituents is 1. The van der Waals surface area contributed by atoms with Crippen LogP contribution in [0.25, 0.3) is 0 Å². The molecular formula is C12H15ClN2O3. The van der Waals surface area contributed by atoms with Gasteiger partial charge in [0.2, 0.25) is 0 Å². The van der Waals surface area contributed by atoms with Gasteiger partial charge in [0.15, 0.2) is 0 Å². The van der Waals surface area contributed by atoms with E-state index >= 15 is 0 Å². The van der Waals surface area contributed by atoms with Gasteiger partial charge in [0, 0.05) is 36.7 Å². The lowest BCUT2D eigenvalue weighted by atomic mass is 10.1. The fourth-order valence-corrected chi connectivity index (χ4v) is 1.71. The number of non-ortho nitro benzene ring substituents is 1. The van der Waals surface area contributed by atoms with Crippen molar-refractivity contribution in [2.75, 3.05) is 19.0 Å². The molecule has 5 nitrogen and oxygen atoms in total. The smallest absolute Gasteiger partial charge is 0.270 e. The molecule has 1 rings (SSSR count). The van der Waals surface area contributed by atoms with Gasteiger partial charge in [-0.3, -0.25) is 14.9 Å². The first-order valence-electron chi connectivity index (χ1n) is 5.69. The Bertz CT molecular complexity index is 437. The van der Waals surface area contributed by atoms with E-state index in [0.29, 0.717) is 31.0 Å². The highest BCUT2D eigenvalue weighted by molar-refractivity contribution is 6.17. The molecule has 0 saturated heterocycles. The van der Waals surface area contributed by atoms with E-state index in [-0.39, 0.29) is 11.6 Å². The summed E-state index contributed by atoms with van der Waals surface area (Å²) in [5.74, 6) is 0.282. The summed E-state index contributed by atoms with van der Waals surface area (Å²) in [6.45, 7) is 2.98. The quantitative estimate of drug-likeness (QED) is 0.453. The Morgan fingerprint density at radius 3 is 2.78 bits per heavy atom. The number of halogens is 1. The first-order chi connectivity index (χ1) is 8.60. The topological polar surface area (TPSA) is 63.5 Å². The van der Waals surface area contributed by atoms with Crippen LogP contribution in [0.5, 0.6) is 0 Å². The second-order valence-corrected chi connectivity index (χ2v) is 4.11. The molecule has 1 aromatic carbocycles. The van der Waals surface area contributed by atoms with Crippen LogP contribution < -0.4 is 0 Å². The highest BCUT2D eigenvalue weighted by Crippen LogP contribution is 2.15.